The quantitative estimate of drug-likeness (QED) is 0.807. The van der Waals surface area contributed by atoms with Gasteiger partial charge in [-0.1, -0.05) is 41.9 Å². The van der Waals surface area contributed by atoms with E-state index >= 15 is 0 Å². The minimum absolute atomic E-state index is 0.0996. The summed E-state index contributed by atoms with van der Waals surface area (Å²) in [6.45, 7) is 0.451. The van der Waals surface area contributed by atoms with Gasteiger partial charge in [0, 0.05) is 17.3 Å². The van der Waals surface area contributed by atoms with Gasteiger partial charge in [-0.2, -0.15) is 0 Å². The van der Waals surface area contributed by atoms with Crippen LogP contribution in [0, 0.1) is 0 Å². The number of hydrogen-bond acceptors (Lipinski definition) is 3. The normalized spacial score (nSPS) is 10.1. The molecule has 120 valence electrons. The monoisotopic (exact) mass is 348 g/mol. The van der Waals surface area contributed by atoms with Crippen LogP contribution in [0.15, 0.2) is 54.6 Å². The van der Waals surface area contributed by atoms with Crippen LogP contribution in [0.5, 0.6) is 0 Å². The maximum atomic E-state index is 11.7. The van der Waals surface area contributed by atoms with Gasteiger partial charge in [-0.15, -0.1) is 11.8 Å². The number of anilines is 1. The van der Waals surface area contributed by atoms with Gasteiger partial charge in [0.1, 0.15) is 0 Å². The Hall–Kier alpha value is -1.98. The fourth-order valence-corrected chi connectivity index (χ4v) is 2.58. The molecule has 0 heterocycles. The highest BCUT2D eigenvalue weighted by molar-refractivity contribution is 8.00. The molecule has 2 aromatic rings. The minimum Gasteiger partial charge on any atom is -0.351 e. The number of hydrogen-bond donors (Lipinski definition) is 2. The molecule has 2 aromatic carbocycles. The number of amides is 2. The smallest absolute Gasteiger partial charge is 0.234 e. The lowest BCUT2D eigenvalue weighted by Crippen LogP contribution is -2.25. The number of carbonyl (C=O) groups is 2. The molecule has 2 amide bonds. The predicted octanol–water partition coefficient (Wildman–Crippen LogP) is 3.33. The number of thioether (sulfide) groups is 1. The van der Waals surface area contributed by atoms with Gasteiger partial charge in [-0.25, -0.2) is 0 Å². The van der Waals surface area contributed by atoms with E-state index in [1.54, 1.807) is 12.1 Å². The second-order valence-electron chi connectivity index (χ2n) is 4.81. The zero-order valence-corrected chi connectivity index (χ0v) is 14.0. The maximum absolute atomic E-state index is 11.7. The van der Waals surface area contributed by atoms with Gasteiger partial charge in [0.25, 0.3) is 0 Å². The summed E-state index contributed by atoms with van der Waals surface area (Å²) in [5.41, 5.74) is 1.74. The minimum atomic E-state index is -0.119. The molecular weight excluding hydrogens is 332 g/mol. The topological polar surface area (TPSA) is 58.2 Å². The van der Waals surface area contributed by atoms with Gasteiger partial charge in [0.05, 0.1) is 11.5 Å². The lowest BCUT2D eigenvalue weighted by molar-refractivity contribution is -0.118. The highest BCUT2D eigenvalue weighted by atomic mass is 35.5. The summed E-state index contributed by atoms with van der Waals surface area (Å²) in [5, 5.41) is 6.25. The fourth-order valence-electron chi connectivity index (χ4n) is 1.81. The van der Waals surface area contributed by atoms with Crippen molar-refractivity contribution in [1.82, 2.24) is 5.32 Å². The van der Waals surface area contributed by atoms with Gasteiger partial charge < -0.3 is 10.6 Å². The largest absolute Gasteiger partial charge is 0.351 e. The average molecular weight is 349 g/mol. The molecule has 0 atom stereocenters. The molecule has 0 spiro atoms. The fraction of sp³-hybridized carbons (Fsp3) is 0.176. The molecule has 0 saturated carbocycles. The molecule has 0 aromatic heterocycles. The summed E-state index contributed by atoms with van der Waals surface area (Å²) in [5.74, 6) is 0.267. The molecule has 0 unspecified atom stereocenters. The van der Waals surface area contributed by atoms with Crippen molar-refractivity contribution in [2.45, 2.75) is 6.54 Å². The van der Waals surface area contributed by atoms with E-state index in [0.29, 0.717) is 11.6 Å². The van der Waals surface area contributed by atoms with Crippen molar-refractivity contribution in [2.75, 3.05) is 16.8 Å². The van der Waals surface area contributed by atoms with E-state index in [9.17, 15) is 9.59 Å². The third-order valence-corrected chi connectivity index (χ3v) is 4.11. The van der Waals surface area contributed by atoms with Crippen LogP contribution in [0.2, 0.25) is 5.02 Å². The second-order valence-corrected chi connectivity index (χ2v) is 6.23. The number of rotatable bonds is 7. The Morgan fingerprint density at radius 2 is 1.57 bits per heavy atom. The second kappa shape index (κ2) is 9.22. The Kier molecular flexibility index (Phi) is 6.97. The molecular formula is C17H17ClN2O2S. The van der Waals surface area contributed by atoms with Crippen molar-refractivity contribution in [3.8, 4) is 0 Å². The van der Waals surface area contributed by atoms with Crippen molar-refractivity contribution in [3.05, 3.63) is 65.2 Å². The standard InChI is InChI=1S/C17H17ClN2O2S/c18-14-8-6-13(7-9-14)10-19-16(21)11-23-12-17(22)20-15-4-2-1-3-5-15/h1-9H,10-12H2,(H,19,21)(H,20,22). The first-order valence-electron chi connectivity index (χ1n) is 7.07. The Morgan fingerprint density at radius 1 is 0.913 bits per heavy atom. The number of para-hydroxylation sites is 1. The lowest BCUT2D eigenvalue weighted by atomic mass is 10.2. The van der Waals surface area contributed by atoms with Crippen molar-refractivity contribution in [3.63, 3.8) is 0 Å². The molecule has 0 saturated heterocycles. The van der Waals surface area contributed by atoms with Crippen LogP contribution in [0.1, 0.15) is 5.56 Å². The van der Waals surface area contributed by atoms with Crippen LogP contribution in [-0.2, 0) is 16.1 Å². The van der Waals surface area contributed by atoms with E-state index in [-0.39, 0.29) is 23.3 Å². The lowest BCUT2D eigenvalue weighted by Gasteiger charge is -2.06. The van der Waals surface area contributed by atoms with E-state index in [1.807, 2.05) is 42.5 Å². The van der Waals surface area contributed by atoms with E-state index in [4.69, 9.17) is 11.6 Å². The third kappa shape index (κ3) is 6.76. The molecule has 0 aliphatic heterocycles. The van der Waals surface area contributed by atoms with Gasteiger partial charge in [0.2, 0.25) is 11.8 Å². The Balaban J connectivity index is 1.62. The van der Waals surface area contributed by atoms with Gasteiger partial charge in [0.15, 0.2) is 0 Å². The van der Waals surface area contributed by atoms with Crippen LogP contribution < -0.4 is 10.6 Å². The summed E-state index contributed by atoms with van der Waals surface area (Å²) >= 11 is 7.08. The predicted molar refractivity (Wildman–Crippen MR) is 95.7 cm³/mol. The molecule has 4 nitrogen and oxygen atoms in total. The molecule has 2 N–H and O–H groups in total. The molecule has 6 heteroatoms. The first-order chi connectivity index (χ1) is 11.1. The molecule has 23 heavy (non-hydrogen) atoms. The van der Waals surface area contributed by atoms with Crippen LogP contribution in [0.25, 0.3) is 0 Å². The summed E-state index contributed by atoms with van der Waals surface area (Å²) in [6.07, 6.45) is 0. The van der Waals surface area contributed by atoms with Crippen LogP contribution in [0.3, 0.4) is 0 Å². The average Bonchev–Trinajstić information content (AvgIpc) is 2.55. The summed E-state index contributed by atoms with van der Waals surface area (Å²) in [7, 11) is 0. The molecule has 0 radical (unpaired) electrons. The zero-order valence-electron chi connectivity index (χ0n) is 12.4. The van der Waals surface area contributed by atoms with Crippen LogP contribution >= 0.6 is 23.4 Å². The number of carbonyl (C=O) groups excluding carboxylic acids is 2. The van der Waals surface area contributed by atoms with Gasteiger partial charge in [-0.05, 0) is 29.8 Å². The number of nitrogens with one attached hydrogen (secondary N) is 2. The zero-order chi connectivity index (χ0) is 16.5. The Labute approximate surface area is 144 Å². The molecule has 2 rings (SSSR count). The maximum Gasteiger partial charge on any atom is 0.234 e. The van der Waals surface area contributed by atoms with E-state index in [2.05, 4.69) is 10.6 Å². The van der Waals surface area contributed by atoms with Crippen LogP contribution in [0.4, 0.5) is 5.69 Å². The highest BCUT2D eigenvalue weighted by Crippen LogP contribution is 2.10. The molecule has 0 aliphatic carbocycles. The van der Waals surface area contributed by atoms with E-state index < -0.39 is 0 Å². The first-order valence-corrected chi connectivity index (χ1v) is 8.60. The van der Waals surface area contributed by atoms with E-state index in [0.717, 1.165) is 11.3 Å². The van der Waals surface area contributed by atoms with Crippen molar-refractivity contribution >= 4 is 40.9 Å². The summed E-state index contributed by atoms with van der Waals surface area (Å²) in [6, 6.07) is 16.5. The number of benzene rings is 2. The van der Waals surface area contributed by atoms with Gasteiger partial charge in [-0.3, -0.25) is 9.59 Å². The SMILES string of the molecule is O=C(CSCC(=O)Nc1ccccc1)NCc1ccc(Cl)cc1. The van der Waals surface area contributed by atoms with Crippen molar-refractivity contribution in [2.24, 2.45) is 0 Å². The van der Waals surface area contributed by atoms with Crippen molar-refractivity contribution < 1.29 is 9.59 Å². The molecule has 0 bridgehead atoms. The number of halogens is 1. The third-order valence-electron chi connectivity index (χ3n) is 2.93. The first kappa shape index (κ1) is 17.4. The Morgan fingerprint density at radius 3 is 2.26 bits per heavy atom. The summed E-state index contributed by atoms with van der Waals surface area (Å²) in [4.78, 5) is 23.5. The van der Waals surface area contributed by atoms with Crippen molar-refractivity contribution in [1.29, 1.82) is 0 Å². The van der Waals surface area contributed by atoms with E-state index in [1.165, 1.54) is 11.8 Å². The van der Waals surface area contributed by atoms with Gasteiger partial charge >= 0.3 is 0 Å². The molecule has 0 fully saturated rings. The summed E-state index contributed by atoms with van der Waals surface area (Å²) < 4.78 is 0. The highest BCUT2D eigenvalue weighted by Gasteiger charge is 2.06. The van der Waals surface area contributed by atoms with Crippen LogP contribution in [-0.4, -0.2) is 23.3 Å². The Bertz CT molecular complexity index is 647. The molecule has 0 aliphatic rings.